The summed E-state index contributed by atoms with van der Waals surface area (Å²) in [6.07, 6.45) is -3.11. The van der Waals surface area contributed by atoms with Gasteiger partial charge in [0.1, 0.15) is 5.75 Å². The van der Waals surface area contributed by atoms with E-state index in [4.69, 9.17) is 5.26 Å². The Bertz CT molecular complexity index is 801. The molecule has 0 saturated carbocycles. The first-order chi connectivity index (χ1) is 11.4. The topological polar surface area (TPSA) is 82.9 Å². The van der Waals surface area contributed by atoms with Gasteiger partial charge in [0.15, 0.2) is 0 Å². The molecule has 0 unspecified atom stereocenters. The normalized spacial score (nSPS) is 13.2. The second-order valence-corrected chi connectivity index (χ2v) is 5.15. The Hall–Kier alpha value is -2.86. The van der Waals surface area contributed by atoms with Gasteiger partial charge in [-0.15, -0.1) is 13.2 Å². The molecule has 0 saturated heterocycles. The number of nitrogens with zero attached hydrogens (tertiary/aromatic N) is 3. The minimum atomic E-state index is -4.81. The highest BCUT2D eigenvalue weighted by atomic mass is 19.4. The van der Waals surface area contributed by atoms with E-state index in [1.165, 1.54) is 12.1 Å². The van der Waals surface area contributed by atoms with Crippen molar-refractivity contribution in [3.8, 4) is 11.8 Å². The van der Waals surface area contributed by atoms with Gasteiger partial charge in [-0.3, -0.25) is 0 Å². The van der Waals surface area contributed by atoms with E-state index in [1.807, 2.05) is 6.07 Å². The summed E-state index contributed by atoms with van der Waals surface area (Å²) in [5.74, 6) is -0.0597. The Morgan fingerprint density at radius 3 is 2.88 bits per heavy atom. The van der Waals surface area contributed by atoms with Crippen LogP contribution in [0.25, 0.3) is 0 Å². The lowest BCUT2D eigenvalue weighted by atomic mass is 10.1. The van der Waals surface area contributed by atoms with Crippen LogP contribution in [-0.4, -0.2) is 16.3 Å². The average Bonchev–Trinajstić information content (AvgIpc) is 2.98. The molecule has 1 aromatic heterocycles. The van der Waals surface area contributed by atoms with E-state index >= 15 is 0 Å². The van der Waals surface area contributed by atoms with Crippen LogP contribution in [0.5, 0.6) is 5.75 Å². The number of benzene rings is 1. The van der Waals surface area contributed by atoms with Crippen LogP contribution in [0.3, 0.4) is 0 Å². The van der Waals surface area contributed by atoms with Crippen molar-refractivity contribution in [2.75, 3.05) is 5.32 Å². The van der Waals surface area contributed by atoms with Gasteiger partial charge >= 0.3 is 6.36 Å². The molecule has 0 spiro atoms. The van der Waals surface area contributed by atoms with Gasteiger partial charge in [0, 0.05) is 31.4 Å². The largest absolute Gasteiger partial charge is 0.573 e. The number of hydrogen-bond acceptors (Lipinski definition) is 6. The third-order valence-corrected chi connectivity index (χ3v) is 3.34. The SMILES string of the molecule is N#Cc1cc(CNc2ncc3c(n2)CNC3)cc(OC(F)(F)F)c1. The third kappa shape index (κ3) is 3.91. The molecule has 2 heterocycles. The van der Waals surface area contributed by atoms with Gasteiger partial charge in [-0.2, -0.15) is 5.26 Å². The van der Waals surface area contributed by atoms with E-state index in [2.05, 4.69) is 25.3 Å². The summed E-state index contributed by atoms with van der Waals surface area (Å²) in [5, 5.41) is 15.0. The zero-order valence-electron chi connectivity index (χ0n) is 12.3. The first-order valence-corrected chi connectivity index (χ1v) is 7.02. The monoisotopic (exact) mass is 335 g/mol. The molecule has 1 aromatic carbocycles. The van der Waals surface area contributed by atoms with Crippen molar-refractivity contribution in [2.24, 2.45) is 0 Å². The minimum Gasteiger partial charge on any atom is -0.406 e. The van der Waals surface area contributed by atoms with Crippen molar-refractivity contribution in [1.82, 2.24) is 15.3 Å². The fourth-order valence-electron chi connectivity index (χ4n) is 2.34. The molecule has 124 valence electrons. The van der Waals surface area contributed by atoms with Crippen LogP contribution in [0, 0.1) is 11.3 Å². The van der Waals surface area contributed by atoms with Crippen LogP contribution in [0.2, 0.25) is 0 Å². The Morgan fingerprint density at radius 1 is 1.29 bits per heavy atom. The number of fused-ring (bicyclic) bond motifs is 1. The van der Waals surface area contributed by atoms with Gasteiger partial charge in [-0.25, -0.2) is 9.97 Å². The minimum absolute atomic E-state index is 0.0765. The van der Waals surface area contributed by atoms with Crippen molar-refractivity contribution in [1.29, 1.82) is 5.26 Å². The number of halogens is 3. The molecule has 0 aliphatic carbocycles. The lowest BCUT2D eigenvalue weighted by Gasteiger charge is -2.11. The van der Waals surface area contributed by atoms with Crippen molar-refractivity contribution < 1.29 is 17.9 Å². The molecule has 1 aliphatic rings. The lowest BCUT2D eigenvalue weighted by Crippen LogP contribution is -2.17. The Labute approximate surface area is 135 Å². The van der Waals surface area contributed by atoms with Crippen molar-refractivity contribution in [3.63, 3.8) is 0 Å². The number of alkyl halides is 3. The second kappa shape index (κ2) is 6.33. The molecular formula is C15H12F3N5O. The number of aromatic nitrogens is 2. The fourth-order valence-corrected chi connectivity index (χ4v) is 2.34. The first kappa shape index (κ1) is 16.0. The number of nitriles is 1. The second-order valence-electron chi connectivity index (χ2n) is 5.15. The van der Waals surface area contributed by atoms with Crippen LogP contribution < -0.4 is 15.4 Å². The average molecular weight is 335 g/mol. The van der Waals surface area contributed by atoms with E-state index in [-0.39, 0.29) is 12.1 Å². The molecule has 2 aromatic rings. The van der Waals surface area contributed by atoms with Crippen molar-refractivity contribution >= 4 is 5.95 Å². The van der Waals surface area contributed by atoms with Crippen LogP contribution in [0.4, 0.5) is 19.1 Å². The summed E-state index contributed by atoms with van der Waals surface area (Å²) in [5.41, 5.74) is 2.44. The van der Waals surface area contributed by atoms with Gasteiger partial charge in [0.25, 0.3) is 0 Å². The summed E-state index contributed by atoms with van der Waals surface area (Å²) in [6, 6.07) is 5.54. The highest BCUT2D eigenvalue weighted by Gasteiger charge is 2.31. The number of ether oxygens (including phenoxy) is 1. The molecule has 3 rings (SSSR count). The smallest absolute Gasteiger partial charge is 0.406 e. The molecule has 0 atom stereocenters. The van der Waals surface area contributed by atoms with Gasteiger partial charge in [0.2, 0.25) is 5.95 Å². The molecule has 0 radical (unpaired) electrons. The molecule has 2 N–H and O–H groups in total. The van der Waals surface area contributed by atoms with E-state index in [9.17, 15) is 13.2 Å². The van der Waals surface area contributed by atoms with Crippen molar-refractivity contribution in [2.45, 2.75) is 26.0 Å². The molecule has 9 heteroatoms. The number of hydrogen-bond donors (Lipinski definition) is 2. The Balaban J connectivity index is 1.74. The predicted octanol–water partition coefficient (Wildman–Crippen LogP) is 2.46. The maximum absolute atomic E-state index is 12.3. The van der Waals surface area contributed by atoms with E-state index in [0.29, 0.717) is 18.1 Å². The van der Waals surface area contributed by atoms with Gasteiger partial charge in [-0.05, 0) is 23.8 Å². The summed E-state index contributed by atoms with van der Waals surface area (Å²) < 4.78 is 40.9. The zero-order valence-corrected chi connectivity index (χ0v) is 12.3. The van der Waals surface area contributed by atoms with Crippen LogP contribution >= 0.6 is 0 Å². The van der Waals surface area contributed by atoms with E-state index < -0.39 is 12.1 Å². The van der Waals surface area contributed by atoms with Crippen LogP contribution in [-0.2, 0) is 19.6 Å². The molecule has 24 heavy (non-hydrogen) atoms. The van der Waals surface area contributed by atoms with Gasteiger partial charge in [0.05, 0.1) is 17.3 Å². The Kier molecular flexibility index (Phi) is 4.22. The van der Waals surface area contributed by atoms with Gasteiger partial charge < -0.3 is 15.4 Å². The number of rotatable bonds is 4. The molecule has 0 fully saturated rings. The first-order valence-electron chi connectivity index (χ1n) is 7.02. The molecule has 0 amide bonds. The predicted molar refractivity (Wildman–Crippen MR) is 77.7 cm³/mol. The maximum atomic E-state index is 12.3. The third-order valence-electron chi connectivity index (χ3n) is 3.34. The molecule has 1 aliphatic heterocycles. The lowest BCUT2D eigenvalue weighted by molar-refractivity contribution is -0.274. The summed E-state index contributed by atoms with van der Waals surface area (Å²) in [6.45, 7) is 1.54. The fraction of sp³-hybridized carbons (Fsp3) is 0.267. The highest BCUT2D eigenvalue weighted by molar-refractivity contribution is 5.42. The molecule has 6 nitrogen and oxygen atoms in total. The zero-order chi connectivity index (χ0) is 17.2. The quantitative estimate of drug-likeness (QED) is 0.893. The summed E-state index contributed by atoms with van der Waals surface area (Å²) in [7, 11) is 0. The number of nitrogens with one attached hydrogen (secondary N) is 2. The molecular weight excluding hydrogens is 323 g/mol. The van der Waals surface area contributed by atoms with E-state index in [1.54, 1.807) is 6.20 Å². The highest BCUT2D eigenvalue weighted by Crippen LogP contribution is 2.25. The standard InChI is InChI=1S/C15H12F3N5O/c16-15(17,18)24-12-2-9(4-19)1-10(3-12)5-21-14-22-7-11-6-20-8-13(11)23-14/h1-3,7,20H,5-6,8H2,(H,21,22,23). The van der Waals surface area contributed by atoms with Crippen LogP contribution in [0.15, 0.2) is 24.4 Å². The van der Waals surface area contributed by atoms with E-state index in [0.717, 1.165) is 23.9 Å². The summed E-state index contributed by atoms with van der Waals surface area (Å²) >= 11 is 0. The molecule has 0 bridgehead atoms. The Morgan fingerprint density at radius 2 is 2.12 bits per heavy atom. The summed E-state index contributed by atoms with van der Waals surface area (Å²) in [4.78, 5) is 8.48. The van der Waals surface area contributed by atoms with Crippen molar-refractivity contribution in [3.05, 3.63) is 46.8 Å². The maximum Gasteiger partial charge on any atom is 0.573 e. The number of anilines is 1. The van der Waals surface area contributed by atoms with Gasteiger partial charge in [-0.1, -0.05) is 0 Å². The van der Waals surface area contributed by atoms with Crippen LogP contribution in [0.1, 0.15) is 22.4 Å².